The second kappa shape index (κ2) is 7.06. The summed E-state index contributed by atoms with van der Waals surface area (Å²) in [5.74, 6) is -0.0934. The van der Waals surface area contributed by atoms with Crippen LogP contribution >= 0.6 is 0 Å². The number of aromatic carboxylic acids is 1. The summed E-state index contributed by atoms with van der Waals surface area (Å²) in [6.07, 6.45) is 1.47. The molecule has 1 heterocycles. The first-order valence-corrected chi connectivity index (χ1v) is 7.44. The van der Waals surface area contributed by atoms with Crippen molar-refractivity contribution in [2.75, 3.05) is 6.61 Å². The van der Waals surface area contributed by atoms with Gasteiger partial charge in [0.05, 0.1) is 12.3 Å². The summed E-state index contributed by atoms with van der Waals surface area (Å²) in [7, 11) is 0. The van der Waals surface area contributed by atoms with Crippen molar-refractivity contribution in [3.63, 3.8) is 0 Å². The molecular formula is C16H21N3O3. The van der Waals surface area contributed by atoms with Crippen molar-refractivity contribution in [2.24, 2.45) is 5.92 Å². The molecular weight excluding hydrogens is 282 g/mol. The van der Waals surface area contributed by atoms with Crippen LogP contribution in [0.1, 0.15) is 43.4 Å². The second-order valence-electron chi connectivity index (χ2n) is 5.52. The van der Waals surface area contributed by atoms with Gasteiger partial charge < -0.3 is 9.84 Å². The molecule has 0 aliphatic heterocycles. The zero-order valence-electron chi connectivity index (χ0n) is 13.1. The van der Waals surface area contributed by atoms with Crippen molar-refractivity contribution < 1.29 is 14.6 Å². The van der Waals surface area contributed by atoms with E-state index in [1.165, 1.54) is 0 Å². The van der Waals surface area contributed by atoms with Crippen molar-refractivity contribution in [3.8, 4) is 11.4 Å². The molecule has 2 aromatic rings. The first-order valence-electron chi connectivity index (χ1n) is 7.44. The van der Waals surface area contributed by atoms with Crippen molar-refractivity contribution in [3.05, 3.63) is 35.7 Å². The van der Waals surface area contributed by atoms with E-state index in [2.05, 4.69) is 10.3 Å². The van der Waals surface area contributed by atoms with Crippen molar-refractivity contribution >= 4 is 5.97 Å². The molecule has 0 aliphatic carbocycles. The monoisotopic (exact) mass is 303 g/mol. The number of carboxylic acids is 1. The van der Waals surface area contributed by atoms with E-state index in [-0.39, 0.29) is 5.69 Å². The van der Waals surface area contributed by atoms with Gasteiger partial charge in [-0.2, -0.15) is 0 Å². The Morgan fingerprint density at radius 2 is 2.09 bits per heavy atom. The Morgan fingerprint density at radius 1 is 1.36 bits per heavy atom. The molecule has 0 bridgehead atoms. The number of aromatic nitrogens is 3. The Bertz CT molecular complexity index is 650. The maximum Gasteiger partial charge on any atom is 0.358 e. The fourth-order valence-corrected chi connectivity index (χ4v) is 2.20. The predicted molar refractivity (Wildman–Crippen MR) is 82.6 cm³/mol. The fourth-order valence-electron chi connectivity index (χ4n) is 2.20. The van der Waals surface area contributed by atoms with Gasteiger partial charge in [-0.15, -0.1) is 5.10 Å². The lowest BCUT2D eigenvalue weighted by Gasteiger charge is -2.13. The van der Waals surface area contributed by atoms with Crippen LogP contribution in [0.15, 0.2) is 24.3 Å². The lowest BCUT2D eigenvalue weighted by molar-refractivity contribution is 0.0689. The normalized spacial score (nSPS) is 10.9. The van der Waals surface area contributed by atoms with Gasteiger partial charge >= 0.3 is 5.97 Å². The van der Waals surface area contributed by atoms with Gasteiger partial charge in [0.15, 0.2) is 5.69 Å². The predicted octanol–water partition coefficient (Wildman–Crippen LogP) is 2.95. The Hall–Kier alpha value is -2.37. The molecule has 1 aromatic carbocycles. The van der Waals surface area contributed by atoms with E-state index in [4.69, 9.17) is 4.74 Å². The number of benzene rings is 1. The quantitative estimate of drug-likeness (QED) is 0.851. The lowest BCUT2D eigenvalue weighted by atomic mass is 10.1. The van der Waals surface area contributed by atoms with Crippen LogP contribution in [0.5, 0.6) is 5.75 Å². The summed E-state index contributed by atoms with van der Waals surface area (Å²) in [6, 6.07) is 7.46. The van der Waals surface area contributed by atoms with Crippen molar-refractivity contribution in [1.82, 2.24) is 15.0 Å². The number of carbonyl (C=O) groups is 1. The molecule has 6 nitrogen and oxygen atoms in total. The lowest BCUT2D eigenvalue weighted by Crippen LogP contribution is -2.11. The molecule has 2 rings (SSSR count). The Kier molecular flexibility index (Phi) is 5.14. The maximum absolute atomic E-state index is 11.4. The molecule has 0 saturated heterocycles. The summed E-state index contributed by atoms with van der Waals surface area (Å²) in [4.78, 5) is 11.4. The van der Waals surface area contributed by atoms with E-state index in [0.29, 0.717) is 36.1 Å². The summed E-state index contributed by atoms with van der Waals surface area (Å²) in [5.41, 5.74) is 1.31. The summed E-state index contributed by atoms with van der Waals surface area (Å²) < 4.78 is 7.31. The number of para-hydroxylation sites is 2. The van der Waals surface area contributed by atoms with E-state index < -0.39 is 5.97 Å². The van der Waals surface area contributed by atoms with E-state index in [1.54, 1.807) is 4.68 Å². The van der Waals surface area contributed by atoms with Gasteiger partial charge in [-0.1, -0.05) is 38.1 Å². The van der Waals surface area contributed by atoms with Crippen LogP contribution in [-0.2, 0) is 6.42 Å². The average molecular weight is 303 g/mol. The fraction of sp³-hybridized carbons (Fsp3) is 0.438. The minimum Gasteiger partial charge on any atom is -0.491 e. The van der Waals surface area contributed by atoms with Gasteiger partial charge in [-0.25, -0.2) is 9.48 Å². The third-order valence-electron chi connectivity index (χ3n) is 3.12. The molecule has 0 saturated carbocycles. The third kappa shape index (κ3) is 3.44. The second-order valence-corrected chi connectivity index (χ2v) is 5.52. The van der Waals surface area contributed by atoms with Crippen LogP contribution in [0, 0.1) is 5.92 Å². The zero-order chi connectivity index (χ0) is 16.1. The highest BCUT2D eigenvalue weighted by atomic mass is 16.5. The van der Waals surface area contributed by atoms with Gasteiger partial charge in [0.1, 0.15) is 11.4 Å². The topological polar surface area (TPSA) is 77.2 Å². The summed E-state index contributed by atoms with van der Waals surface area (Å²) >= 11 is 0. The third-order valence-corrected chi connectivity index (χ3v) is 3.12. The molecule has 118 valence electrons. The Labute approximate surface area is 129 Å². The first kappa shape index (κ1) is 16.0. The molecule has 1 aromatic heterocycles. The van der Waals surface area contributed by atoms with Crippen LogP contribution in [0.3, 0.4) is 0 Å². The molecule has 6 heteroatoms. The van der Waals surface area contributed by atoms with Gasteiger partial charge in [-0.3, -0.25) is 0 Å². The highest BCUT2D eigenvalue weighted by Gasteiger charge is 2.22. The SMILES string of the molecule is CCCOc1ccccc1-n1nnc(C(=O)O)c1CC(C)C. The summed E-state index contributed by atoms with van der Waals surface area (Å²) in [6.45, 7) is 6.69. The average Bonchev–Trinajstić information content (AvgIpc) is 2.88. The highest BCUT2D eigenvalue weighted by molar-refractivity contribution is 5.86. The Balaban J connectivity index is 2.50. The number of rotatable bonds is 7. The van der Waals surface area contributed by atoms with Gasteiger partial charge in [0.25, 0.3) is 0 Å². The molecule has 22 heavy (non-hydrogen) atoms. The van der Waals surface area contributed by atoms with E-state index in [1.807, 2.05) is 45.0 Å². The molecule has 0 fully saturated rings. The molecule has 0 spiro atoms. The number of hydrogen-bond donors (Lipinski definition) is 1. The Morgan fingerprint density at radius 3 is 2.73 bits per heavy atom. The van der Waals surface area contributed by atoms with E-state index in [0.717, 1.165) is 6.42 Å². The number of hydrogen-bond acceptors (Lipinski definition) is 4. The number of ether oxygens (including phenoxy) is 1. The van der Waals surface area contributed by atoms with E-state index in [9.17, 15) is 9.90 Å². The molecule has 0 aliphatic rings. The molecule has 0 amide bonds. The first-order chi connectivity index (χ1) is 10.5. The van der Waals surface area contributed by atoms with Crippen LogP contribution in [0.2, 0.25) is 0 Å². The number of nitrogens with zero attached hydrogens (tertiary/aromatic N) is 3. The van der Waals surface area contributed by atoms with Crippen molar-refractivity contribution in [2.45, 2.75) is 33.6 Å². The minimum absolute atomic E-state index is 0.000931. The minimum atomic E-state index is -1.06. The van der Waals surface area contributed by atoms with Gasteiger partial charge in [0.2, 0.25) is 0 Å². The summed E-state index contributed by atoms with van der Waals surface area (Å²) in [5, 5.41) is 17.2. The highest BCUT2D eigenvalue weighted by Crippen LogP contribution is 2.25. The molecule has 1 N–H and O–H groups in total. The van der Waals surface area contributed by atoms with Crippen molar-refractivity contribution in [1.29, 1.82) is 0 Å². The van der Waals surface area contributed by atoms with Gasteiger partial charge in [0, 0.05) is 0 Å². The zero-order valence-corrected chi connectivity index (χ0v) is 13.1. The standard InChI is InChI=1S/C16H21N3O3/c1-4-9-22-14-8-6-5-7-12(14)19-13(10-11(2)3)15(16(20)21)17-18-19/h5-8,11H,4,9-10H2,1-3H3,(H,20,21). The molecule has 0 atom stereocenters. The van der Waals surface area contributed by atoms with E-state index >= 15 is 0 Å². The maximum atomic E-state index is 11.4. The van der Waals surface area contributed by atoms with Crippen LogP contribution in [0.25, 0.3) is 5.69 Å². The largest absolute Gasteiger partial charge is 0.491 e. The smallest absolute Gasteiger partial charge is 0.358 e. The van der Waals surface area contributed by atoms with Gasteiger partial charge in [-0.05, 0) is 30.9 Å². The molecule has 0 unspecified atom stereocenters. The van der Waals surface area contributed by atoms with Crippen LogP contribution in [0.4, 0.5) is 0 Å². The number of carboxylic acid groups (broad SMARTS) is 1. The van der Waals surface area contributed by atoms with Crippen LogP contribution in [-0.4, -0.2) is 32.7 Å². The van der Waals surface area contributed by atoms with Crippen LogP contribution < -0.4 is 4.74 Å². The molecule has 0 radical (unpaired) electrons.